The second kappa shape index (κ2) is 8.58. The summed E-state index contributed by atoms with van der Waals surface area (Å²) in [6.45, 7) is 0. The molecule has 8 nitrogen and oxygen atoms in total. The van der Waals surface area contributed by atoms with Crippen LogP contribution in [0, 0.1) is 10.1 Å². The van der Waals surface area contributed by atoms with Gasteiger partial charge in [0.15, 0.2) is 4.32 Å². The quantitative estimate of drug-likeness (QED) is 0.214. The van der Waals surface area contributed by atoms with Crippen molar-refractivity contribution in [2.45, 2.75) is 0 Å². The number of nitrogens with zero attached hydrogens (tertiary/aromatic N) is 2. The zero-order chi connectivity index (χ0) is 23.0. The van der Waals surface area contributed by atoms with Crippen LogP contribution in [-0.4, -0.2) is 26.2 Å². The van der Waals surface area contributed by atoms with Crippen molar-refractivity contribution in [3.8, 4) is 11.3 Å². The highest BCUT2D eigenvalue weighted by molar-refractivity contribution is 8.27. The second-order valence-corrected chi connectivity index (χ2v) is 8.58. The van der Waals surface area contributed by atoms with Gasteiger partial charge in [0.05, 0.1) is 26.1 Å². The van der Waals surface area contributed by atoms with Crippen LogP contribution in [0.4, 0.5) is 11.4 Å². The average molecular weight is 487 g/mol. The molecule has 0 aliphatic carbocycles. The lowest BCUT2D eigenvalue weighted by Gasteiger charge is -2.13. The van der Waals surface area contributed by atoms with Gasteiger partial charge in [-0.2, -0.15) is 0 Å². The van der Waals surface area contributed by atoms with Crippen molar-refractivity contribution in [1.82, 2.24) is 0 Å². The molecule has 0 bridgehead atoms. The second-order valence-electron chi connectivity index (χ2n) is 6.50. The van der Waals surface area contributed by atoms with E-state index in [0.717, 1.165) is 11.8 Å². The minimum absolute atomic E-state index is 0.0556. The lowest BCUT2D eigenvalue weighted by Crippen LogP contribution is -2.27. The van der Waals surface area contributed by atoms with Crippen LogP contribution in [0.2, 0.25) is 5.02 Å². The summed E-state index contributed by atoms with van der Waals surface area (Å²) in [5.74, 6) is -0.845. The first-order valence-corrected chi connectivity index (χ1v) is 10.5. The monoisotopic (exact) mass is 486 g/mol. The fourth-order valence-corrected chi connectivity index (χ4v) is 4.47. The van der Waals surface area contributed by atoms with Gasteiger partial charge in [0, 0.05) is 23.8 Å². The summed E-state index contributed by atoms with van der Waals surface area (Å²) < 4.78 is 5.99. The number of carboxylic acid groups (broad SMARTS) is 1. The molecular formula is C21H11ClN2O6S2. The molecule has 160 valence electrons. The Hall–Kier alpha value is -3.47. The molecule has 1 fully saturated rings. The first-order chi connectivity index (χ1) is 15.2. The van der Waals surface area contributed by atoms with Gasteiger partial charge in [0.2, 0.25) is 0 Å². The number of non-ortho nitro benzene ring substituents is 1. The van der Waals surface area contributed by atoms with Crippen molar-refractivity contribution in [3.05, 3.63) is 86.0 Å². The molecule has 2 aromatic carbocycles. The Kier molecular flexibility index (Phi) is 5.83. The molecule has 4 rings (SSSR count). The Balaban J connectivity index is 1.62. The normalized spacial score (nSPS) is 14.9. The SMILES string of the molecule is O=C(O)c1cc(-c2ccc(/C=C3\SC(=S)N(c4cccc([N+](=O)[O-])c4)C3=O)o2)ccc1Cl. The predicted octanol–water partition coefficient (Wildman–Crippen LogP) is 5.61. The van der Waals surface area contributed by atoms with Crippen LogP contribution in [-0.2, 0) is 4.79 Å². The molecule has 1 saturated heterocycles. The van der Waals surface area contributed by atoms with Crippen LogP contribution in [0.3, 0.4) is 0 Å². The molecule has 1 aliphatic heterocycles. The van der Waals surface area contributed by atoms with Gasteiger partial charge < -0.3 is 9.52 Å². The number of thioether (sulfide) groups is 1. The molecule has 0 saturated carbocycles. The topological polar surface area (TPSA) is 114 Å². The number of carboxylic acids is 1. The van der Waals surface area contributed by atoms with Crippen LogP contribution in [0.5, 0.6) is 0 Å². The van der Waals surface area contributed by atoms with E-state index in [9.17, 15) is 24.8 Å². The molecule has 1 aromatic heterocycles. The number of hydrogen-bond acceptors (Lipinski definition) is 7. The summed E-state index contributed by atoms with van der Waals surface area (Å²) in [6, 6.07) is 13.4. The smallest absolute Gasteiger partial charge is 0.337 e. The van der Waals surface area contributed by atoms with Gasteiger partial charge in [-0.1, -0.05) is 41.6 Å². The summed E-state index contributed by atoms with van der Waals surface area (Å²) in [5.41, 5.74) is 0.600. The lowest BCUT2D eigenvalue weighted by atomic mass is 10.1. The maximum absolute atomic E-state index is 12.9. The van der Waals surface area contributed by atoms with E-state index >= 15 is 0 Å². The number of thiocarbonyl (C=S) groups is 1. The summed E-state index contributed by atoms with van der Waals surface area (Å²) in [7, 11) is 0. The molecule has 0 radical (unpaired) electrons. The molecule has 32 heavy (non-hydrogen) atoms. The van der Waals surface area contributed by atoms with E-state index in [-0.39, 0.29) is 25.5 Å². The Bertz CT molecular complexity index is 1330. The molecule has 11 heteroatoms. The maximum atomic E-state index is 12.9. The number of amides is 1. The number of benzene rings is 2. The predicted molar refractivity (Wildman–Crippen MR) is 125 cm³/mol. The fraction of sp³-hybridized carbons (Fsp3) is 0. The van der Waals surface area contributed by atoms with E-state index in [4.69, 9.17) is 28.2 Å². The van der Waals surface area contributed by atoms with Crippen molar-refractivity contribution < 1.29 is 24.0 Å². The molecule has 1 amide bonds. The Labute approximate surface area is 195 Å². The van der Waals surface area contributed by atoms with Gasteiger partial charge in [-0.15, -0.1) is 0 Å². The van der Waals surface area contributed by atoms with E-state index in [1.54, 1.807) is 24.3 Å². The third-order valence-corrected chi connectivity index (χ3v) is 6.11. The lowest BCUT2D eigenvalue weighted by molar-refractivity contribution is -0.384. The van der Waals surface area contributed by atoms with Crippen LogP contribution in [0.15, 0.2) is 63.9 Å². The van der Waals surface area contributed by atoms with Crippen LogP contribution >= 0.6 is 35.6 Å². The molecule has 1 aliphatic rings. The number of carbonyl (C=O) groups excluding carboxylic acids is 1. The van der Waals surface area contributed by atoms with Crippen molar-refractivity contribution >= 4 is 69.2 Å². The van der Waals surface area contributed by atoms with E-state index in [0.29, 0.717) is 22.8 Å². The van der Waals surface area contributed by atoms with Crippen LogP contribution < -0.4 is 4.90 Å². The third kappa shape index (κ3) is 4.15. The summed E-state index contributed by atoms with van der Waals surface area (Å²) in [6.07, 6.45) is 1.51. The third-order valence-electron chi connectivity index (χ3n) is 4.47. The maximum Gasteiger partial charge on any atom is 0.337 e. The highest BCUT2D eigenvalue weighted by Gasteiger charge is 2.34. The largest absolute Gasteiger partial charge is 0.478 e. The van der Waals surface area contributed by atoms with E-state index in [1.807, 2.05) is 0 Å². The standard InChI is InChI=1S/C21H11ClN2O6S2/c22-16-6-4-11(8-15(16)20(26)27)17-7-5-14(30-17)10-18-19(25)23(21(31)32-18)12-2-1-3-13(9-12)24(28)29/h1-10H,(H,26,27)/b18-10-. The highest BCUT2D eigenvalue weighted by Crippen LogP contribution is 2.37. The highest BCUT2D eigenvalue weighted by atomic mass is 35.5. The summed E-state index contributed by atoms with van der Waals surface area (Å²) >= 11 is 12.2. The molecular weight excluding hydrogens is 476 g/mol. The average Bonchev–Trinajstić information content (AvgIpc) is 3.32. The first kappa shape index (κ1) is 21.8. The number of furan rings is 1. The van der Waals surface area contributed by atoms with E-state index in [2.05, 4.69) is 0 Å². The van der Waals surface area contributed by atoms with Gasteiger partial charge >= 0.3 is 5.97 Å². The number of rotatable bonds is 5. The Morgan fingerprint density at radius 2 is 2.00 bits per heavy atom. The molecule has 2 heterocycles. The number of nitro benzene ring substituents is 1. The number of nitro groups is 1. The van der Waals surface area contributed by atoms with Crippen molar-refractivity contribution in [3.63, 3.8) is 0 Å². The van der Waals surface area contributed by atoms with Gasteiger partial charge in [0.1, 0.15) is 11.5 Å². The zero-order valence-corrected chi connectivity index (χ0v) is 18.2. The number of carbonyl (C=O) groups is 2. The molecule has 0 unspecified atom stereocenters. The number of aromatic carboxylic acids is 1. The molecule has 1 N–H and O–H groups in total. The van der Waals surface area contributed by atoms with E-state index in [1.165, 1.54) is 41.3 Å². The summed E-state index contributed by atoms with van der Waals surface area (Å²) in [5, 5.41) is 20.4. The Morgan fingerprint density at radius 3 is 2.72 bits per heavy atom. The van der Waals surface area contributed by atoms with E-state index < -0.39 is 16.8 Å². The molecule has 3 aromatic rings. The minimum Gasteiger partial charge on any atom is -0.478 e. The van der Waals surface area contributed by atoms with Gasteiger partial charge in [0.25, 0.3) is 11.6 Å². The van der Waals surface area contributed by atoms with Crippen molar-refractivity contribution in [2.75, 3.05) is 4.90 Å². The fourth-order valence-electron chi connectivity index (χ4n) is 2.99. The number of halogens is 1. The molecule has 0 spiro atoms. The zero-order valence-electron chi connectivity index (χ0n) is 15.9. The number of anilines is 1. The van der Waals surface area contributed by atoms with Crippen LogP contribution in [0.25, 0.3) is 17.4 Å². The minimum atomic E-state index is -1.16. The van der Waals surface area contributed by atoms with Gasteiger partial charge in [-0.05, 0) is 36.4 Å². The van der Waals surface area contributed by atoms with Gasteiger partial charge in [-0.25, -0.2) is 4.79 Å². The van der Waals surface area contributed by atoms with Gasteiger partial charge in [-0.3, -0.25) is 19.8 Å². The Morgan fingerprint density at radius 1 is 1.22 bits per heavy atom. The van der Waals surface area contributed by atoms with Crippen molar-refractivity contribution in [1.29, 1.82) is 0 Å². The number of hydrogen-bond donors (Lipinski definition) is 1. The first-order valence-electron chi connectivity index (χ1n) is 8.90. The van der Waals surface area contributed by atoms with Crippen LogP contribution in [0.1, 0.15) is 16.1 Å². The summed E-state index contributed by atoms with van der Waals surface area (Å²) in [4.78, 5) is 36.2. The van der Waals surface area contributed by atoms with Crippen molar-refractivity contribution in [2.24, 2.45) is 0 Å². The molecule has 0 atom stereocenters.